The fourth-order valence-electron chi connectivity index (χ4n) is 2.07. The summed E-state index contributed by atoms with van der Waals surface area (Å²) in [5, 5.41) is 0.494. The molecule has 2 rings (SSSR count). The molecular weight excluding hydrogens is 274 g/mol. The summed E-state index contributed by atoms with van der Waals surface area (Å²) in [5.74, 6) is 0.0142. The van der Waals surface area contributed by atoms with Gasteiger partial charge in [0.15, 0.2) is 9.84 Å². The molecule has 1 saturated heterocycles. The van der Waals surface area contributed by atoms with Gasteiger partial charge in [0.25, 0.3) is 5.91 Å². The molecule has 0 N–H and O–H groups in total. The van der Waals surface area contributed by atoms with Crippen molar-refractivity contribution < 1.29 is 13.2 Å². The van der Waals surface area contributed by atoms with E-state index < -0.39 is 9.84 Å². The Kier molecular flexibility index (Phi) is 3.64. The second kappa shape index (κ2) is 4.90. The molecule has 1 aliphatic rings. The zero-order valence-corrected chi connectivity index (χ0v) is 11.5. The van der Waals surface area contributed by atoms with E-state index in [1.807, 2.05) is 0 Å². The third-order valence-electron chi connectivity index (χ3n) is 3.15. The second-order valence-electron chi connectivity index (χ2n) is 4.48. The van der Waals surface area contributed by atoms with Gasteiger partial charge in [-0.25, -0.2) is 8.42 Å². The van der Waals surface area contributed by atoms with Gasteiger partial charge in [0.2, 0.25) is 0 Å². The van der Waals surface area contributed by atoms with Gasteiger partial charge in [0, 0.05) is 23.7 Å². The highest BCUT2D eigenvalue weighted by Gasteiger charge is 2.32. The van der Waals surface area contributed by atoms with E-state index in [2.05, 4.69) is 0 Å². The highest BCUT2D eigenvalue weighted by Crippen LogP contribution is 2.19. The molecule has 1 amide bonds. The Hall–Kier alpha value is -1.07. The average molecular weight is 288 g/mol. The standard InChI is InChI=1S/C12H14ClNO3S/c1-14(11-5-6-18(16,17)8-11)12(15)9-3-2-4-10(13)7-9/h2-4,7,11H,5-6,8H2,1H3/t11-/m0/s1. The van der Waals surface area contributed by atoms with Crippen LogP contribution in [0.1, 0.15) is 16.8 Å². The number of halogens is 1. The summed E-state index contributed by atoms with van der Waals surface area (Å²) in [6, 6.07) is 6.42. The van der Waals surface area contributed by atoms with E-state index in [-0.39, 0.29) is 23.5 Å². The number of carbonyl (C=O) groups is 1. The second-order valence-corrected chi connectivity index (χ2v) is 7.15. The molecule has 1 aromatic carbocycles. The molecule has 6 heteroatoms. The number of benzene rings is 1. The summed E-state index contributed by atoms with van der Waals surface area (Å²) in [6.07, 6.45) is 0.505. The van der Waals surface area contributed by atoms with Crippen LogP contribution in [-0.2, 0) is 9.84 Å². The van der Waals surface area contributed by atoms with E-state index >= 15 is 0 Å². The maximum atomic E-state index is 12.2. The van der Waals surface area contributed by atoms with Crippen LogP contribution in [0.25, 0.3) is 0 Å². The van der Waals surface area contributed by atoms with Crippen molar-refractivity contribution in [1.29, 1.82) is 0 Å². The fraction of sp³-hybridized carbons (Fsp3) is 0.417. The van der Waals surface area contributed by atoms with E-state index in [0.29, 0.717) is 17.0 Å². The van der Waals surface area contributed by atoms with E-state index in [9.17, 15) is 13.2 Å². The lowest BCUT2D eigenvalue weighted by Crippen LogP contribution is -2.37. The third kappa shape index (κ3) is 2.84. The van der Waals surface area contributed by atoms with Crippen LogP contribution in [0.3, 0.4) is 0 Å². The molecule has 0 saturated carbocycles. The van der Waals surface area contributed by atoms with Gasteiger partial charge >= 0.3 is 0 Å². The Labute approximate surface area is 111 Å². The summed E-state index contributed by atoms with van der Waals surface area (Å²) >= 11 is 5.83. The topological polar surface area (TPSA) is 54.5 Å². The molecule has 1 aromatic rings. The smallest absolute Gasteiger partial charge is 0.253 e. The lowest BCUT2D eigenvalue weighted by Gasteiger charge is -2.23. The number of carbonyl (C=O) groups excluding carboxylic acids is 1. The molecule has 0 spiro atoms. The van der Waals surface area contributed by atoms with Crippen LogP contribution in [0.4, 0.5) is 0 Å². The molecule has 0 bridgehead atoms. The molecule has 0 unspecified atom stereocenters. The van der Waals surface area contributed by atoms with Crippen LogP contribution in [0, 0.1) is 0 Å². The summed E-state index contributed by atoms with van der Waals surface area (Å²) in [5.41, 5.74) is 0.481. The van der Waals surface area contributed by atoms with Gasteiger partial charge in [0.05, 0.1) is 11.5 Å². The van der Waals surface area contributed by atoms with Crippen LogP contribution < -0.4 is 0 Å². The Morgan fingerprint density at radius 3 is 2.72 bits per heavy atom. The number of amides is 1. The van der Waals surface area contributed by atoms with E-state index in [4.69, 9.17) is 11.6 Å². The normalized spacial score (nSPS) is 21.8. The van der Waals surface area contributed by atoms with Gasteiger partial charge < -0.3 is 4.90 Å². The first-order chi connectivity index (χ1) is 8.39. The summed E-state index contributed by atoms with van der Waals surface area (Å²) < 4.78 is 22.8. The largest absolute Gasteiger partial charge is 0.338 e. The molecule has 1 atom stereocenters. The SMILES string of the molecule is CN(C(=O)c1cccc(Cl)c1)[C@H]1CCS(=O)(=O)C1. The monoisotopic (exact) mass is 287 g/mol. The van der Waals surface area contributed by atoms with Gasteiger partial charge in [-0.2, -0.15) is 0 Å². The van der Waals surface area contributed by atoms with Crippen LogP contribution >= 0.6 is 11.6 Å². The first-order valence-corrected chi connectivity index (χ1v) is 7.82. The van der Waals surface area contributed by atoms with Crippen molar-refractivity contribution in [3.8, 4) is 0 Å². The highest BCUT2D eigenvalue weighted by molar-refractivity contribution is 7.91. The van der Waals surface area contributed by atoms with Crippen molar-refractivity contribution >= 4 is 27.3 Å². The third-order valence-corrected chi connectivity index (χ3v) is 5.13. The maximum absolute atomic E-state index is 12.2. The molecule has 1 fully saturated rings. The van der Waals surface area contributed by atoms with Crippen LogP contribution in [0.2, 0.25) is 5.02 Å². The minimum Gasteiger partial charge on any atom is -0.338 e. The Morgan fingerprint density at radius 2 is 2.17 bits per heavy atom. The van der Waals surface area contributed by atoms with E-state index in [1.54, 1.807) is 31.3 Å². The van der Waals surface area contributed by atoms with Crippen LogP contribution in [-0.4, -0.2) is 43.8 Å². The first kappa shape index (κ1) is 13.4. The molecule has 98 valence electrons. The van der Waals surface area contributed by atoms with Crippen molar-refractivity contribution in [2.75, 3.05) is 18.6 Å². The van der Waals surface area contributed by atoms with Crippen molar-refractivity contribution in [3.05, 3.63) is 34.9 Å². The Bertz CT molecular complexity index is 570. The van der Waals surface area contributed by atoms with Gasteiger partial charge in [0.1, 0.15) is 0 Å². The Morgan fingerprint density at radius 1 is 1.44 bits per heavy atom. The van der Waals surface area contributed by atoms with Gasteiger partial charge in [-0.1, -0.05) is 17.7 Å². The average Bonchev–Trinajstić information content (AvgIpc) is 2.68. The molecule has 18 heavy (non-hydrogen) atoms. The van der Waals surface area contributed by atoms with Crippen LogP contribution in [0.15, 0.2) is 24.3 Å². The molecular formula is C12H14ClNO3S. The molecule has 0 aromatic heterocycles. The number of hydrogen-bond donors (Lipinski definition) is 0. The predicted octanol–water partition coefficient (Wildman–Crippen LogP) is 1.60. The first-order valence-electron chi connectivity index (χ1n) is 5.62. The highest BCUT2D eigenvalue weighted by atomic mass is 35.5. The number of sulfone groups is 1. The lowest BCUT2D eigenvalue weighted by atomic mass is 10.1. The van der Waals surface area contributed by atoms with Gasteiger partial charge in [-0.3, -0.25) is 4.79 Å². The van der Waals surface area contributed by atoms with E-state index in [0.717, 1.165) is 0 Å². The van der Waals surface area contributed by atoms with Crippen LogP contribution in [0.5, 0.6) is 0 Å². The predicted molar refractivity (Wildman–Crippen MR) is 70.6 cm³/mol. The summed E-state index contributed by atoms with van der Waals surface area (Å²) in [7, 11) is -1.35. The maximum Gasteiger partial charge on any atom is 0.253 e. The van der Waals surface area contributed by atoms with Crippen molar-refractivity contribution in [2.24, 2.45) is 0 Å². The number of nitrogens with zero attached hydrogens (tertiary/aromatic N) is 1. The van der Waals surface area contributed by atoms with Crippen molar-refractivity contribution in [3.63, 3.8) is 0 Å². The van der Waals surface area contributed by atoms with Crippen molar-refractivity contribution in [2.45, 2.75) is 12.5 Å². The van der Waals surface area contributed by atoms with E-state index in [1.165, 1.54) is 4.90 Å². The quantitative estimate of drug-likeness (QED) is 0.830. The lowest BCUT2D eigenvalue weighted by molar-refractivity contribution is 0.0747. The minimum atomic E-state index is -2.98. The molecule has 0 radical (unpaired) electrons. The molecule has 1 heterocycles. The van der Waals surface area contributed by atoms with Gasteiger partial charge in [-0.05, 0) is 24.6 Å². The summed E-state index contributed by atoms with van der Waals surface area (Å²) in [4.78, 5) is 13.7. The number of rotatable bonds is 2. The zero-order valence-electron chi connectivity index (χ0n) is 9.97. The van der Waals surface area contributed by atoms with Gasteiger partial charge in [-0.15, -0.1) is 0 Å². The Balaban J connectivity index is 2.15. The summed E-state index contributed by atoms with van der Waals surface area (Å²) in [6.45, 7) is 0. The molecule has 4 nitrogen and oxygen atoms in total. The minimum absolute atomic E-state index is 0.0514. The van der Waals surface area contributed by atoms with Crippen molar-refractivity contribution in [1.82, 2.24) is 4.90 Å². The number of hydrogen-bond acceptors (Lipinski definition) is 3. The fourth-order valence-corrected chi connectivity index (χ4v) is 4.04. The molecule has 1 aliphatic heterocycles. The zero-order chi connectivity index (χ0) is 13.3. The molecule has 0 aliphatic carbocycles.